The highest BCUT2D eigenvalue weighted by Crippen LogP contribution is 2.28. The summed E-state index contributed by atoms with van der Waals surface area (Å²) in [6.45, 7) is 12.7. The van der Waals surface area contributed by atoms with Crippen molar-refractivity contribution in [2.75, 3.05) is 45.9 Å². The molecule has 0 spiro atoms. The third-order valence-corrected chi connectivity index (χ3v) is 4.17. The van der Waals surface area contributed by atoms with Gasteiger partial charge in [-0.1, -0.05) is 13.8 Å². The molecule has 0 aromatic heterocycles. The fraction of sp³-hybridized carbons (Fsp3) is 1.00. The van der Waals surface area contributed by atoms with Gasteiger partial charge in [-0.15, -0.1) is 0 Å². The lowest BCUT2D eigenvalue weighted by atomic mass is 10.1. The van der Waals surface area contributed by atoms with Gasteiger partial charge in [0, 0.05) is 26.3 Å². The van der Waals surface area contributed by atoms with E-state index in [4.69, 9.17) is 4.74 Å². The molecule has 0 amide bonds. The summed E-state index contributed by atoms with van der Waals surface area (Å²) in [5.74, 6) is 2.54. The van der Waals surface area contributed by atoms with Crippen LogP contribution in [0.3, 0.4) is 0 Å². The first-order chi connectivity index (χ1) is 9.24. The van der Waals surface area contributed by atoms with E-state index in [9.17, 15) is 0 Å². The molecule has 0 aromatic rings. The van der Waals surface area contributed by atoms with Gasteiger partial charge in [-0.05, 0) is 63.1 Å². The van der Waals surface area contributed by atoms with Crippen molar-refractivity contribution in [1.82, 2.24) is 10.2 Å². The Hall–Kier alpha value is -0.120. The Morgan fingerprint density at radius 2 is 2.05 bits per heavy atom. The molecule has 1 unspecified atom stereocenters. The van der Waals surface area contributed by atoms with Gasteiger partial charge in [0.15, 0.2) is 0 Å². The van der Waals surface area contributed by atoms with Crippen LogP contribution in [-0.2, 0) is 4.74 Å². The molecule has 1 aliphatic carbocycles. The van der Waals surface area contributed by atoms with Gasteiger partial charge in [0.05, 0.1) is 0 Å². The average molecular weight is 268 g/mol. The predicted octanol–water partition coefficient (Wildman–Crippen LogP) is 2.37. The third-order valence-electron chi connectivity index (χ3n) is 4.17. The summed E-state index contributed by atoms with van der Waals surface area (Å²) >= 11 is 0. The molecule has 0 aromatic carbocycles. The van der Waals surface area contributed by atoms with Gasteiger partial charge in [0.25, 0.3) is 0 Å². The molecule has 1 saturated heterocycles. The molecule has 0 bridgehead atoms. The Morgan fingerprint density at radius 1 is 1.21 bits per heavy atom. The van der Waals surface area contributed by atoms with Crippen LogP contribution >= 0.6 is 0 Å². The molecule has 3 nitrogen and oxygen atoms in total. The molecule has 1 aliphatic heterocycles. The number of nitrogens with one attached hydrogen (secondary N) is 1. The van der Waals surface area contributed by atoms with Crippen LogP contribution in [0, 0.1) is 17.8 Å². The largest absolute Gasteiger partial charge is 0.381 e. The van der Waals surface area contributed by atoms with Gasteiger partial charge in [-0.3, -0.25) is 0 Å². The molecule has 2 aliphatic rings. The van der Waals surface area contributed by atoms with Crippen molar-refractivity contribution in [3.05, 3.63) is 0 Å². The zero-order chi connectivity index (χ0) is 13.5. The maximum Gasteiger partial charge on any atom is 0.0494 e. The molecule has 2 fully saturated rings. The first kappa shape index (κ1) is 15.3. The number of likely N-dealkylation sites (tertiary alicyclic amines) is 1. The predicted molar refractivity (Wildman–Crippen MR) is 80.4 cm³/mol. The number of ether oxygens (including phenoxy) is 1. The van der Waals surface area contributed by atoms with Crippen molar-refractivity contribution < 1.29 is 4.74 Å². The van der Waals surface area contributed by atoms with E-state index in [1.807, 2.05) is 0 Å². The minimum Gasteiger partial charge on any atom is -0.381 e. The standard InChI is InChI=1S/C16H32N2O/c1-14(2)10-17-11-16-6-8-18(12-16)7-3-9-19-13-15-4-5-15/h14-17H,3-13H2,1-2H3. The third kappa shape index (κ3) is 6.73. The molecule has 2 rings (SSSR count). The van der Waals surface area contributed by atoms with Crippen LogP contribution in [0.4, 0.5) is 0 Å². The first-order valence-corrected chi connectivity index (χ1v) is 8.25. The average Bonchev–Trinajstić information content (AvgIpc) is 3.08. The maximum absolute atomic E-state index is 5.70. The highest BCUT2D eigenvalue weighted by Gasteiger charge is 2.22. The van der Waals surface area contributed by atoms with Crippen LogP contribution in [0.5, 0.6) is 0 Å². The normalized spacial score (nSPS) is 24.5. The summed E-state index contributed by atoms with van der Waals surface area (Å²) in [4.78, 5) is 2.61. The number of hydrogen-bond donors (Lipinski definition) is 1. The van der Waals surface area contributed by atoms with Crippen LogP contribution in [0.2, 0.25) is 0 Å². The Kier molecular flexibility index (Phi) is 6.62. The van der Waals surface area contributed by atoms with E-state index in [-0.39, 0.29) is 0 Å². The van der Waals surface area contributed by atoms with Gasteiger partial charge >= 0.3 is 0 Å². The van der Waals surface area contributed by atoms with Crippen LogP contribution in [0.15, 0.2) is 0 Å². The number of rotatable bonds is 10. The van der Waals surface area contributed by atoms with Crippen LogP contribution < -0.4 is 5.32 Å². The van der Waals surface area contributed by atoms with Crippen molar-refractivity contribution >= 4 is 0 Å². The summed E-state index contributed by atoms with van der Waals surface area (Å²) in [7, 11) is 0. The lowest BCUT2D eigenvalue weighted by Crippen LogP contribution is -2.29. The summed E-state index contributed by atoms with van der Waals surface area (Å²) < 4.78 is 5.70. The summed E-state index contributed by atoms with van der Waals surface area (Å²) in [5, 5.41) is 3.59. The van der Waals surface area contributed by atoms with E-state index in [0.717, 1.165) is 37.5 Å². The monoisotopic (exact) mass is 268 g/mol. The lowest BCUT2D eigenvalue weighted by Gasteiger charge is -2.16. The molecule has 112 valence electrons. The van der Waals surface area contributed by atoms with Crippen molar-refractivity contribution in [3.63, 3.8) is 0 Å². The van der Waals surface area contributed by atoms with Gasteiger partial charge in [0.2, 0.25) is 0 Å². The molecular weight excluding hydrogens is 236 g/mol. The van der Waals surface area contributed by atoms with Gasteiger partial charge in [-0.25, -0.2) is 0 Å². The van der Waals surface area contributed by atoms with Crippen LogP contribution in [0.25, 0.3) is 0 Å². The van der Waals surface area contributed by atoms with Gasteiger partial charge in [-0.2, -0.15) is 0 Å². The zero-order valence-electron chi connectivity index (χ0n) is 12.9. The lowest BCUT2D eigenvalue weighted by molar-refractivity contribution is 0.114. The van der Waals surface area contributed by atoms with Crippen molar-refractivity contribution in [2.45, 2.75) is 39.5 Å². The quantitative estimate of drug-likeness (QED) is 0.616. The van der Waals surface area contributed by atoms with E-state index in [1.165, 1.54) is 51.9 Å². The SMILES string of the molecule is CC(C)CNCC1CCN(CCCOCC2CC2)C1. The molecule has 1 N–H and O–H groups in total. The number of nitrogens with zero attached hydrogens (tertiary/aromatic N) is 1. The summed E-state index contributed by atoms with van der Waals surface area (Å²) in [6.07, 6.45) is 5.38. The van der Waals surface area contributed by atoms with Crippen molar-refractivity contribution in [3.8, 4) is 0 Å². The molecule has 1 saturated carbocycles. The highest BCUT2D eigenvalue weighted by molar-refractivity contribution is 4.77. The second-order valence-electron chi connectivity index (χ2n) is 6.88. The second-order valence-corrected chi connectivity index (χ2v) is 6.88. The first-order valence-electron chi connectivity index (χ1n) is 8.25. The van der Waals surface area contributed by atoms with Crippen LogP contribution in [-0.4, -0.2) is 50.8 Å². The van der Waals surface area contributed by atoms with Crippen molar-refractivity contribution in [1.29, 1.82) is 0 Å². The highest BCUT2D eigenvalue weighted by atomic mass is 16.5. The Morgan fingerprint density at radius 3 is 2.79 bits per heavy atom. The molecule has 1 heterocycles. The molecule has 1 atom stereocenters. The number of hydrogen-bond acceptors (Lipinski definition) is 3. The minimum absolute atomic E-state index is 0.765. The second kappa shape index (κ2) is 8.23. The van der Waals surface area contributed by atoms with Crippen LogP contribution in [0.1, 0.15) is 39.5 Å². The molecule has 0 radical (unpaired) electrons. The zero-order valence-corrected chi connectivity index (χ0v) is 12.9. The Bertz CT molecular complexity index is 241. The molecular formula is C16H32N2O. The van der Waals surface area contributed by atoms with E-state index < -0.39 is 0 Å². The Labute approximate surface area is 119 Å². The molecule has 3 heteroatoms. The van der Waals surface area contributed by atoms with E-state index in [0.29, 0.717) is 0 Å². The van der Waals surface area contributed by atoms with Gasteiger partial charge in [0.1, 0.15) is 0 Å². The summed E-state index contributed by atoms with van der Waals surface area (Å²) in [5.41, 5.74) is 0. The fourth-order valence-electron chi connectivity index (χ4n) is 2.78. The molecule has 19 heavy (non-hydrogen) atoms. The smallest absolute Gasteiger partial charge is 0.0494 e. The van der Waals surface area contributed by atoms with E-state index >= 15 is 0 Å². The maximum atomic E-state index is 5.70. The summed E-state index contributed by atoms with van der Waals surface area (Å²) in [6, 6.07) is 0. The van der Waals surface area contributed by atoms with E-state index in [1.54, 1.807) is 0 Å². The van der Waals surface area contributed by atoms with Gasteiger partial charge < -0.3 is 15.0 Å². The van der Waals surface area contributed by atoms with E-state index in [2.05, 4.69) is 24.1 Å². The fourth-order valence-corrected chi connectivity index (χ4v) is 2.78. The Balaban J connectivity index is 1.42. The van der Waals surface area contributed by atoms with Crippen molar-refractivity contribution in [2.24, 2.45) is 17.8 Å². The minimum atomic E-state index is 0.765. The topological polar surface area (TPSA) is 24.5 Å².